The molecule has 2 aromatic rings. The van der Waals surface area contributed by atoms with Crippen molar-refractivity contribution in [3.05, 3.63) is 56.5 Å². The zero-order valence-corrected chi connectivity index (χ0v) is 18.7. The largest absolute Gasteiger partial charge is 0.456 e. The first-order valence-corrected chi connectivity index (χ1v) is 10.3. The number of anilines is 2. The van der Waals surface area contributed by atoms with Crippen LogP contribution in [0, 0.1) is 6.92 Å². The molecule has 0 saturated carbocycles. The van der Waals surface area contributed by atoms with E-state index in [4.69, 9.17) is 27.9 Å². The van der Waals surface area contributed by atoms with E-state index in [1.54, 1.807) is 36.4 Å². The zero-order valence-electron chi connectivity index (χ0n) is 15.6. The van der Waals surface area contributed by atoms with Gasteiger partial charge in [-0.15, -0.1) is 0 Å². The van der Waals surface area contributed by atoms with Crippen molar-refractivity contribution in [2.24, 2.45) is 0 Å². The van der Waals surface area contributed by atoms with E-state index in [-0.39, 0.29) is 18.7 Å². The summed E-state index contributed by atoms with van der Waals surface area (Å²) in [7, 11) is 0. The fourth-order valence-electron chi connectivity index (χ4n) is 2.37. The number of hydrogen-bond donors (Lipinski definition) is 2. The van der Waals surface area contributed by atoms with Crippen molar-refractivity contribution >= 4 is 68.3 Å². The minimum absolute atomic E-state index is 0.0272. The Balaban J connectivity index is 1.68. The van der Waals surface area contributed by atoms with E-state index < -0.39 is 18.5 Å². The second-order valence-electron chi connectivity index (χ2n) is 6.20. The molecule has 0 heterocycles. The maximum Gasteiger partial charge on any atom is 0.306 e. The molecule has 0 bridgehead atoms. The van der Waals surface area contributed by atoms with Crippen molar-refractivity contribution in [1.29, 1.82) is 0 Å². The molecule has 0 radical (unpaired) electrons. The molecule has 0 unspecified atom stereocenters. The molecular formula is C20H19BrCl2N2O4. The van der Waals surface area contributed by atoms with Gasteiger partial charge in [0.25, 0.3) is 5.91 Å². The Morgan fingerprint density at radius 1 is 1.03 bits per heavy atom. The lowest BCUT2D eigenvalue weighted by molar-refractivity contribution is -0.147. The van der Waals surface area contributed by atoms with Crippen molar-refractivity contribution in [3.63, 3.8) is 0 Å². The first-order chi connectivity index (χ1) is 13.7. The Bertz CT molecular complexity index is 921. The number of halogens is 3. The van der Waals surface area contributed by atoms with Crippen molar-refractivity contribution < 1.29 is 19.1 Å². The number of amides is 2. The van der Waals surface area contributed by atoms with E-state index in [9.17, 15) is 14.4 Å². The van der Waals surface area contributed by atoms with Gasteiger partial charge in [-0.2, -0.15) is 0 Å². The number of aryl methyl sites for hydroxylation is 1. The van der Waals surface area contributed by atoms with Gasteiger partial charge in [-0.1, -0.05) is 29.3 Å². The van der Waals surface area contributed by atoms with E-state index in [1.165, 1.54) is 0 Å². The van der Waals surface area contributed by atoms with Gasteiger partial charge in [0.15, 0.2) is 6.61 Å². The summed E-state index contributed by atoms with van der Waals surface area (Å²) in [4.78, 5) is 35.6. The van der Waals surface area contributed by atoms with Crippen LogP contribution in [-0.2, 0) is 19.1 Å². The minimum atomic E-state index is -0.554. The van der Waals surface area contributed by atoms with Crippen LogP contribution in [0.1, 0.15) is 24.8 Å². The van der Waals surface area contributed by atoms with Crippen LogP contribution in [0.4, 0.5) is 11.4 Å². The number of ether oxygens (including phenoxy) is 1. The average Bonchev–Trinajstić information content (AvgIpc) is 2.64. The van der Waals surface area contributed by atoms with Gasteiger partial charge in [-0.25, -0.2) is 0 Å². The van der Waals surface area contributed by atoms with E-state index in [1.807, 2.05) is 6.92 Å². The van der Waals surface area contributed by atoms with Gasteiger partial charge in [0, 0.05) is 33.7 Å². The molecule has 0 aliphatic heterocycles. The number of nitrogens with one attached hydrogen (secondary N) is 2. The van der Waals surface area contributed by atoms with Crippen molar-refractivity contribution in [2.75, 3.05) is 17.2 Å². The number of esters is 1. The van der Waals surface area contributed by atoms with Crippen molar-refractivity contribution in [3.8, 4) is 0 Å². The molecular weight excluding hydrogens is 483 g/mol. The van der Waals surface area contributed by atoms with E-state index in [2.05, 4.69) is 26.6 Å². The molecule has 0 spiro atoms. The lowest BCUT2D eigenvalue weighted by atomic mass is 10.2. The predicted octanol–water partition coefficient (Wildman–Crippen LogP) is 5.36. The third-order valence-electron chi connectivity index (χ3n) is 3.80. The van der Waals surface area contributed by atoms with Gasteiger partial charge in [0.05, 0.1) is 5.02 Å². The molecule has 29 heavy (non-hydrogen) atoms. The fourth-order valence-corrected chi connectivity index (χ4v) is 3.18. The number of hydrogen-bond acceptors (Lipinski definition) is 4. The van der Waals surface area contributed by atoms with Crippen molar-refractivity contribution in [1.82, 2.24) is 0 Å². The monoisotopic (exact) mass is 500 g/mol. The maximum atomic E-state index is 12.0. The highest BCUT2D eigenvalue weighted by Gasteiger charge is 2.12. The van der Waals surface area contributed by atoms with Crippen LogP contribution in [0.25, 0.3) is 0 Å². The highest BCUT2D eigenvalue weighted by Crippen LogP contribution is 2.28. The highest BCUT2D eigenvalue weighted by atomic mass is 79.9. The second kappa shape index (κ2) is 11.2. The lowest BCUT2D eigenvalue weighted by Crippen LogP contribution is -2.21. The summed E-state index contributed by atoms with van der Waals surface area (Å²) < 4.78 is 5.67. The molecule has 0 aromatic heterocycles. The van der Waals surface area contributed by atoms with Gasteiger partial charge in [-0.3, -0.25) is 14.4 Å². The van der Waals surface area contributed by atoms with Crippen LogP contribution >= 0.6 is 39.1 Å². The first-order valence-electron chi connectivity index (χ1n) is 8.71. The molecule has 0 aliphatic rings. The summed E-state index contributed by atoms with van der Waals surface area (Å²) in [6.45, 7) is 1.40. The van der Waals surface area contributed by atoms with Crippen LogP contribution in [-0.4, -0.2) is 24.4 Å². The predicted molar refractivity (Wildman–Crippen MR) is 117 cm³/mol. The highest BCUT2D eigenvalue weighted by molar-refractivity contribution is 9.10. The Morgan fingerprint density at radius 3 is 2.52 bits per heavy atom. The average molecular weight is 502 g/mol. The molecule has 0 fully saturated rings. The van der Waals surface area contributed by atoms with E-state index in [0.29, 0.717) is 27.8 Å². The minimum Gasteiger partial charge on any atom is -0.456 e. The molecule has 6 nitrogen and oxygen atoms in total. The van der Waals surface area contributed by atoms with Gasteiger partial charge in [0.1, 0.15) is 0 Å². The molecule has 0 atom stereocenters. The standard InChI is InChI=1S/C20H19BrCl2N2O4/c1-12-8-15(21)16(23)10-17(12)25-19(27)11-29-20(28)7-3-6-18(26)24-14-5-2-4-13(22)9-14/h2,4-5,8-10H,3,6-7,11H2,1H3,(H,24,26)(H,25,27). The van der Waals surface area contributed by atoms with Crippen LogP contribution in [0.2, 0.25) is 10.0 Å². The summed E-state index contributed by atoms with van der Waals surface area (Å²) in [6.07, 6.45) is 0.470. The number of carbonyl (C=O) groups is 3. The summed E-state index contributed by atoms with van der Waals surface area (Å²) in [5, 5.41) is 6.31. The summed E-state index contributed by atoms with van der Waals surface area (Å²) in [6, 6.07) is 10.2. The topological polar surface area (TPSA) is 84.5 Å². The first kappa shape index (κ1) is 23.2. The van der Waals surface area contributed by atoms with Crippen LogP contribution in [0.15, 0.2) is 40.9 Å². The van der Waals surface area contributed by atoms with Crippen LogP contribution in [0.3, 0.4) is 0 Å². The van der Waals surface area contributed by atoms with Gasteiger partial charge >= 0.3 is 5.97 Å². The Labute approximate surface area is 187 Å². The lowest BCUT2D eigenvalue weighted by Gasteiger charge is -2.10. The third kappa shape index (κ3) is 8.04. The molecule has 154 valence electrons. The number of benzene rings is 2. The second-order valence-corrected chi connectivity index (χ2v) is 7.90. The van der Waals surface area contributed by atoms with Gasteiger partial charge in [0.2, 0.25) is 5.91 Å². The Hall–Kier alpha value is -2.09. The quantitative estimate of drug-likeness (QED) is 0.477. The van der Waals surface area contributed by atoms with Gasteiger partial charge in [-0.05, 0) is 65.2 Å². The summed E-state index contributed by atoms with van der Waals surface area (Å²) in [5.41, 5.74) is 1.94. The zero-order chi connectivity index (χ0) is 21.4. The normalized spacial score (nSPS) is 10.3. The number of rotatable bonds is 8. The molecule has 2 amide bonds. The van der Waals surface area contributed by atoms with E-state index >= 15 is 0 Å². The molecule has 0 saturated heterocycles. The smallest absolute Gasteiger partial charge is 0.306 e. The SMILES string of the molecule is Cc1cc(Br)c(Cl)cc1NC(=O)COC(=O)CCCC(=O)Nc1cccc(Cl)c1. The van der Waals surface area contributed by atoms with Crippen LogP contribution < -0.4 is 10.6 Å². The Morgan fingerprint density at radius 2 is 1.79 bits per heavy atom. The van der Waals surface area contributed by atoms with E-state index in [0.717, 1.165) is 10.0 Å². The maximum absolute atomic E-state index is 12.0. The Kier molecular flexibility index (Phi) is 8.95. The third-order valence-corrected chi connectivity index (χ3v) is 5.23. The fraction of sp³-hybridized carbons (Fsp3) is 0.250. The van der Waals surface area contributed by atoms with Gasteiger partial charge < -0.3 is 15.4 Å². The molecule has 2 rings (SSSR count). The number of carbonyl (C=O) groups excluding carboxylic acids is 3. The summed E-state index contributed by atoms with van der Waals surface area (Å²) in [5.74, 6) is -1.26. The molecule has 2 aromatic carbocycles. The summed E-state index contributed by atoms with van der Waals surface area (Å²) >= 11 is 15.2. The van der Waals surface area contributed by atoms with Crippen molar-refractivity contribution in [2.45, 2.75) is 26.2 Å². The molecule has 2 N–H and O–H groups in total. The molecule has 0 aliphatic carbocycles. The molecule has 9 heteroatoms. The van der Waals surface area contributed by atoms with Crippen LogP contribution in [0.5, 0.6) is 0 Å².